The first-order valence-corrected chi connectivity index (χ1v) is 13.2. The summed E-state index contributed by atoms with van der Waals surface area (Å²) in [7, 11) is -1.05. The topological polar surface area (TPSA) is 49.9 Å². The molecule has 31 heavy (non-hydrogen) atoms. The monoisotopic (exact) mass is 480 g/mol. The summed E-state index contributed by atoms with van der Waals surface area (Å²) in [4.78, 5) is 5.26. The molecule has 0 amide bonds. The van der Waals surface area contributed by atoms with E-state index >= 15 is 0 Å². The van der Waals surface area contributed by atoms with Crippen molar-refractivity contribution in [3.05, 3.63) is 57.6 Å². The third-order valence-electron chi connectivity index (χ3n) is 6.95. The van der Waals surface area contributed by atoms with Gasteiger partial charge in [0.05, 0.1) is 10.9 Å². The number of hydrogen-bond acceptors (Lipinski definition) is 5. The smallest absolute Gasteiger partial charge is 0.175 e. The summed E-state index contributed by atoms with van der Waals surface area (Å²) in [6, 6.07) is 10.6. The molecule has 0 unspecified atom stereocenters. The van der Waals surface area contributed by atoms with Gasteiger partial charge in [0.15, 0.2) is 9.84 Å². The molecule has 5 nitrogen and oxygen atoms in total. The van der Waals surface area contributed by atoms with Gasteiger partial charge in [0, 0.05) is 48.0 Å². The van der Waals surface area contributed by atoms with Crippen LogP contribution in [0.4, 0.5) is 0 Å². The van der Waals surface area contributed by atoms with Crippen LogP contribution >= 0.6 is 23.2 Å². The van der Waals surface area contributed by atoms with Crippen molar-refractivity contribution >= 4 is 33.0 Å². The van der Waals surface area contributed by atoms with Crippen LogP contribution in [0.25, 0.3) is 0 Å². The van der Waals surface area contributed by atoms with Crippen LogP contribution in [0.5, 0.6) is 5.75 Å². The van der Waals surface area contributed by atoms with Crippen LogP contribution in [-0.4, -0.2) is 63.7 Å². The molecule has 0 N–H and O–H groups in total. The Morgan fingerprint density at radius 2 is 1.65 bits per heavy atom. The highest BCUT2D eigenvalue weighted by Gasteiger charge is 2.46. The van der Waals surface area contributed by atoms with Crippen molar-refractivity contribution in [2.75, 3.05) is 39.5 Å². The number of benzene rings is 2. The lowest BCUT2D eigenvalue weighted by molar-refractivity contribution is 0.0863. The van der Waals surface area contributed by atoms with E-state index in [9.17, 15) is 8.42 Å². The van der Waals surface area contributed by atoms with E-state index in [-0.39, 0.29) is 17.0 Å². The Morgan fingerprint density at radius 3 is 2.26 bits per heavy atom. The van der Waals surface area contributed by atoms with E-state index in [1.165, 1.54) is 6.26 Å². The van der Waals surface area contributed by atoms with Crippen molar-refractivity contribution in [1.82, 2.24) is 9.80 Å². The van der Waals surface area contributed by atoms with Crippen LogP contribution in [0, 0.1) is 11.8 Å². The Hall–Kier alpha value is -1.31. The summed E-state index contributed by atoms with van der Waals surface area (Å²) in [5.41, 5.74) is 2.13. The Morgan fingerprint density at radius 1 is 1.00 bits per heavy atom. The second-order valence-corrected chi connectivity index (χ2v) is 12.1. The maximum Gasteiger partial charge on any atom is 0.175 e. The third kappa shape index (κ3) is 4.09. The number of nitrogens with zero attached hydrogens (tertiary/aromatic N) is 2. The van der Waals surface area contributed by atoms with Crippen LogP contribution in [0.3, 0.4) is 0 Å². The minimum atomic E-state index is -3.25. The minimum absolute atomic E-state index is 0.177. The highest BCUT2D eigenvalue weighted by molar-refractivity contribution is 7.90. The lowest BCUT2D eigenvalue weighted by Gasteiger charge is -2.31. The fourth-order valence-electron chi connectivity index (χ4n) is 5.53. The van der Waals surface area contributed by atoms with Crippen LogP contribution in [0.15, 0.2) is 41.3 Å². The van der Waals surface area contributed by atoms with Gasteiger partial charge in [0.2, 0.25) is 0 Å². The quantitative estimate of drug-likeness (QED) is 0.663. The van der Waals surface area contributed by atoms with Gasteiger partial charge < -0.3 is 9.64 Å². The van der Waals surface area contributed by atoms with Gasteiger partial charge in [0.1, 0.15) is 11.9 Å². The summed E-state index contributed by atoms with van der Waals surface area (Å²) >= 11 is 12.9. The van der Waals surface area contributed by atoms with E-state index in [1.807, 2.05) is 6.07 Å². The Kier molecular flexibility index (Phi) is 5.50. The molecule has 2 heterocycles. The Balaban J connectivity index is 1.45. The van der Waals surface area contributed by atoms with Gasteiger partial charge in [-0.2, -0.15) is 0 Å². The first kappa shape index (κ1) is 21.5. The van der Waals surface area contributed by atoms with Crippen LogP contribution < -0.4 is 4.74 Å². The second-order valence-electron chi connectivity index (χ2n) is 9.20. The molecule has 8 heteroatoms. The maximum absolute atomic E-state index is 11.8. The average Bonchev–Trinajstić information content (AvgIpc) is 3.33. The summed E-state index contributed by atoms with van der Waals surface area (Å²) in [6.45, 7) is 4.41. The third-order valence-corrected chi connectivity index (χ3v) is 8.63. The molecule has 2 saturated heterocycles. The highest BCUT2D eigenvalue weighted by Crippen LogP contribution is 2.45. The second kappa shape index (κ2) is 7.92. The molecule has 0 spiro atoms. The van der Waals surface area contributed by atoms with Crippen molar-refractivity contribution < 1.29 is 13.2 Å². The molecule has 5 rings (SSSR count). The standard InChI is InChI=1S/C23H26Cl2N2O3S/c1-26-10-14-12-27(13-15(14)11-26)22-9-19-20(7-16(24)8-21(19)25)23(22)30-17-3-5-18(6-4-17)31(2,28)29/h3-8,14-15,22-23H,9-13H2,1-2H3/t14-,15-,22-,23-/m0/s1. The molecule has 0 aromatic heterocycles. The van der Waals surface area contributed by atoms with Crippen LogP contribution in [0.2, 0.25) is 10.0 Å². The molecule has 2 aliphatic heterocycles. The van der Waals surface area contributed by atoms with Gasteiger partial charge in [-0.05, 0) is 67.3 Å². The molecular formula is C23H26Cl2N2O3S. The van der Waals surface area contributed by atoms with Crippen molar-refractivity contribution in [2.45, 2.75) is 23.5 Å². The molecule has 3 aliphatic rings. The fourth-order valence-corrected chi connectivity index (χ4v) is 6.74. The average molecular weight is 481 g/mol. The van der Waals surface area contributed by atoms with Crippen molar-refractivity contribution in [3.63, 3.8) is 0 Å². The number of hydrogen-bond donors (Lipinski definition) is 0. The molecule has 166 valence electrons. The SMILES string of the molecule is CN1C[C@H]2CN([C@H]3Cc4c(Cl)cc(Cl)cc4[C@@H]3Oc3ccc(S(C)(=O)=O)cc3)C[C@@H]2C1. The van der Waals surface area contributed by atoms with Gasteiger partial charge in [-0.3, -0.25) is 4.90 Å². The predicted molar refractivity (Wildman–Crippen MR) is 123 cm³/mol. The molecule has 1 aliphatic carbocycles. The zero-order valence-corrected chi connectivity index (χ0v) is 19.9. The molecule has 0 saturated carbocycles. The van der Waals surface area contributed by atoms with E-state index in [1.54, 1.807) is 30.3 Å². The normalized spacial score (nSPS) is 28.6. The Labute approximate surface area is 193 Å². The predicted octanol–water partition coefficient (Wildman–Crippen LogP) is 3.94. The molecule has 2 fully saturated rings. The van der Waals surface area contributed by atoms with E-state index in [4.69, 9.17) is 27.9 Å². The summed E-state index contributed by atoms with van der Waals surface area (Å²) in [5, 5.41) is 1.29. The summed E-state index contributed by atoms with van der Waals surface area (Å²) in [6.07, 6.45) is 1.83. The largest absolute Gasteiger partial charge is 0.484 e. The van der Waals surface area contributed by atoms with E-state index in [0.717, 1.165) is 43.7 Å². The molecule has 2 aromatic rings. The molecule has 2 aromatic carbocycles. The number of fused-ring (bicyclic) bond motifs is 2. The number of halogens is 2. The lowest BCUT2D eigenvalue weighted by atomic mass is 10.0. The van der Waals surface area contributed by atoms with Gasteiger partial charge in [-0.25, -0.2) is 8.42 Å². The van der Waals surface area contributed by atoms with E-state index in [2.05, 4.69) is 16.8 Å². The molecule has 0 radical (unpaired) electrons. The van der Waals surface area contributed by atoms with Crippen molar-refractivity contribution in [1.29, 1.82) is 0 Å². The number of rotatable bonds is 4. The molecular weight excluding hydrogens is 455 g/mol. The minimum Gasteiger partial charge on any atom is -0.484 e. The summed E-state index contributed by atoms with van der Waals surface area (Å²) in [5.74, 6) is 2.04. The van der Waals surface area contributed by atoms with Crippen molar-refractivity contribution in [2.24, 2.45) is 11.8 Å². The fraction of sp³-hybridized carbons (Fsp3) is 0.478. The van der Waals surface area contributed by atoms with Crippen LogP contribution in [-0.2, 0) is 16.3 Å². The van der Waals surface area contributed by atoms with E-state index < -0.39 is 9.84 Å². The van der Waals surface area contributed by atoms with Crippen molar-refractivity contribution in [3.8, 4) is 5.75 Å². The number of likely N-dealkylation sites (tertiary alicyclic amines) is 2. The maximum atomic E-state index is 11.8. The lowest BCUT2D eigenvalue weighted by Crippen LogP contribution is -2.40. The van der Waals surface area contributed by atoms with E-state index in [0.29, 0.717) is 27.6 Å². The first-order valence-electron chi connectivity index (χ1n) is 10.6. The zero-order chi connectivity index (χ0) is 21.9. The molecule has 0 bridgehead atoms. The van der Waals surface area contributed by atoms with Gasteiger partial charge in [0.25, 0.3) is 0 Å². The van der Waals surface area contributed by atoms with Crippen LogP contribution in [0.1, 0.15) is 17.2 Å². The molecule has 4 atom stereocenters. The highest BCUT2D eigenvalue weighted by atomic mass is 35.5. The van der Waals surface area contributed by atoms with Gasteiger partial charge >= 0.3 is 0 Å². The first-order chi connectivity index (χ1) is 14.7. The number of sulfone groups is 1. The van der Waals surface area contributed by atoms with Gasteiger partial charge in [-0.15, -0.1) is 0 Å². The Bertz CT molecular complexity index is 1090. The number of ether oxygens (including phenoxy) is 1. The van der Waals surface area contributed by atoms with Gasteiger partial charge in [-0.1, -0.05) is 23.2 Å². The summed E-state index contributed by atoms with van der Waals surface area (Å²) < 4.78 is 30.1. The zero-order valence-electron chi connectivity index (χ0n) is 17.6.